The normalized spacial score (nSPS) is 25.7. The van der Waals surface area contributed by atoms with E-state index in [0.717, 1.165) is 11.8 Å². The van der Waals surface area contributed by atoms with Crippen LogP contribution >= 0.6 is 0 Å². The molecule has 2 rings (SSSR count). The number of aldehydes is 1. The third kappa shape index (κ3) is 2.83. The summed E-state index contributed by atoms with van der Waals surface area (Å²) in [7, 11) is 0. The van der Waals surface area contributed by atoms with Crippen LogP contribution in [0.25, 0.3) is 0 Å². The van der Waals surface area contributed by atoms with Crippen LogP contribution in [0.5, 0.6) is 0 Å². The van der Waals surface area contributed by atoms with E-state index in [1.165, 1.54) is 70.5 Å². The molecule has 0 heterocycles. The minimum atomic E-state index is 0.408. The van der Waals surface area contributed by atoms with Crippen LogP contribution in [0.3, 0.4) is 0 Å². The molecule has 2 saturated carbocycles. The fourth-order valence-electron chi connectivity index (χ4n) is 3.65. The average Bonchev–Trinajstić information content (AvgIpc) is 2.33. The Morgan fingerprint density at radius 3 is 1.47 bits per heavy atom. The Morgan fingerprint density at radius 2 is 1.13 bits per heavy atom. The predicted molar refractivity (Wildman–Crippen MR) is 62.7 cm³/mol. The van der Waals surface area contributed by atoms with Crippen LogP contribution < -0.4 is 0 Å². The van der Waals surface area contributed by atoms with Crippen LogP contribution in [0, 0.1) is 17.8 Å². The Bertz CT molecular complexity index is 170. The van der Waals surface area contributed by atoms with E-state index in [2.05, 4.69) is 0 Å². The molecule has 0 amide bonds. The maximum absolute atomic E-state index is 11.3. The van der Waals surface area contributed by atoms with Gasteiger partial charge in [-0.2, -0.15) is 0 Å². The molecule has 1 nitrogen and oxygen atoms in total. The molecule has 0 spiro atoms. The number of hydrogen-bond acceptors (Lipinski definition) is 1. The van der Waals surface area contributed by atoms with Crippen molar-refractivity contribution in [1.82, 2.24) is 0 Å². The van der Waals surface area contributed by atoms with Gasteiger partial charge in [-0.1, -0.05) is 38.5 Å². The van der Waals surface area contributed by atoms with E-state index in [0.29, 0.717) is 5.92 Å². The number of carbonyl (C=O) groups is 1. The third-order valence-electron chi connectivity index (χ3n) is 4.55. The van der Waals surface area contributed by atoms with E-state index >= 15 is 0 Å². The molecule has 0 saturated heterocycles. The standard InChI is InChI=1S/C14H24O/c15-11-14(12-7-3-1-4-8-12)13-9-5-2-6-10-13/h11-14H,1-10H2. The Labute approximate surface area is 93.6 Å². The highest BCUT2D eigenvalue weighted by Crippen LogP contribution is 2.38. The fraction of sp³-hybridized carbons (Fsp3) is 0.929. The number of rotatable bonds is 3. The third-order valence-corrected chi connectivity index (χ3v) is 4.55. The fourth-order valence-corrected chi connectivity index (χ4v) is 3.65. The second-order valence-corrected chi connectivity index (χ2v) is 5.51. The zero-order valence-corrected chi connectivity index (χ0v) is 9.79. The molecule has 0 N–H and O–H groups in total. The van der Waals surface area contributed by atoms with E-state index in [1.54, 1.807) is 0 Å². The summed E-state index contributed by atoms with van der Waals surface area (Å²) in [6, 6.07) is 0. The van der Waals surface area contributed by atoms with E-state index in [1.807, 2.05) is 0 Å². The Hall–Kier alpha value is -0.330. The minimum Gasteiger partial charge on any atom is -0.303 e. The molecule has 1 heteroatoms. The van der Waals surface area contributed by atoms with Gasteiger partial charge in [-0.05, 0) is 37.5 Å². The molecule has 0 aliphatic heterocycles. The summed E-state index contributed by atoms with van der Waals surface area (Å²) in [6.07, 6.45) is 14.8. The lowest BCUT2D eigenvalue weighted by Gasteiger charge is -2.34. The summed E-state index contributed by atoms with van der Waals surface area (Å²) in [6.45, 7) is 0. The SMILES string of the molecule is O=CC(C1CCCCC1)C1CCCCC1. The first-order valence-electron chi connectivity index (χ1n) is 6.87. The van der Waals surface area contributed by atoms with E-state index in [-0.39, 0.29) is 0 Å². The molecule has 0 radical (unpaired) electrons. The highest BCUT2D eigenvalue weighted by molar-refractivity contribution is 5.54. The van der Waals surface area contributed by atoms with Crippen molar-refractivity contribution < 1.29 is 4.79 Å². The molecule has 0 aromatic carbocycles. The molecule has 0 atom stereocenters. The van der Waals surface area contributed by atoms with Gasteiger partial charge in [0.1, 0.15) is 6.29 Å². The highest BCUT2D eigenvalue weighted by atomic mass is 16.1. The van der Waals surface area contributed by atoms with Gasteiger partial charge in [0.15, 0.2) is 0 Å². The molecule has 2 fully saturated rings. The minimum absolute atomic E-state index is 0.408. The number of hydrogen-bond donors (Lipinski definition) is 0. The molecule has 2 aliphatic carbocycles. The van der Waals surface area contributed by atoms with Crippen molar-refractivity contribution in [3.8, 4) is 0 Å². The molecule has 2 aliphatic rings. The van der Waals surface area contributed by atoms with Crippen LogP contribution in [0.2, 0.25) is 0 Å². The van der Waals surface area contributed by atoms with Gasteiger partial charge < -0.3 is 4.79 Å². The van der Waals surface area contributed by atoms with Gasteiger partial charge in [-0.25, -0.2) is 0 Å². The quantitative estimate of drug-likeness (QED) is 0.641. The van der Waals surface area contributed by atoms with E-state index in [9.17, 15) is 4.79 Å². The highest BCUT2D eigenvalue weighted by Gasteiger charge is 2.30. The largest absolute Gasteiger partial charge is 0.303 e. The van der Waals surface area contributed by atoms with Crippen molar-refractivity contribution >= 4 is 6.29 Å². The summed E-state index contributed by atoms with van der Waals surface area (Å²) in [5.41, 5.74) is 0. The average molecular weight is 208 g/mol. The van der Waals surface area contributed by atoms with Crippen molar-refractivity contribution in [1.29, 1.82) is 0 Å². The molecule has 0 unspecified atom stereocenters. The molecule has 0 aromatic heterocycles. The summed E-state index contributed by atoms with van der Waals surface area (Å²) in [5, 5.41) is 0. The zero-order chi connectivity index (χ0) is 10.5. The Balaban J connectivity index is 1.91. The molecule has 86 valence electrons. The number of carbonyl (C=O) groups excluding carboxylic acids is 1. The lowest BCUT2D eigenvalue weighted by Crippen LogP contribution is -2.28. The van der Waals surface area contributed by atoms with Crippen LogP contribution in [0.1, 0.15) is 64.2 Å². The lowest BCUT2D eigenvalue weighted by atomic mass is 9.70. The topological polar surface area (TPSA) is 17.1 Å². The molecule has 15 heavy (non-hydrogen) atoms. The summed E-state index contributed by atoms with van der Waals surface area (Å²) < 4.78 is 0. The molecule has 0 bridgehead atoms. The van der Waals surface area contributed by atoms with Crippen LogP contribution in [-0.2, 0) is 4.79 Å². The van der Waals surface area contributed by atoms with E-state index < -0.39 is 0 Å². The second-order valence-electron chi connectivity index (χ2n) is 5.51. The molecular formula is C14H24O. The van der Waals surface area contributed by atoms with Gasteiger partial charge in [0, 0.05) is 5.92 Å². The molecular weight excluding hydrogens is 184 g/mol. The predicted octanol–water partition coefficient (Wildman–Crippen LogP) is 3.96. The van der Waals surface area contributed by atoms with Crippen molar-refractivity contribution in [2.45, 2.75) is 64.2 Å². The van der Waals surface area contributed by atoms with Crippen molar-refractivity contribution in [2.24, 2.45) is 17.8 Å². The van der Waals surface area contributed by atoms with E-state index in [4.69, 9.17) is 0 Å². The van der Waals surface area contributed by atoms with Gasteiger partial charge in [0.2, 0.25) is 0 Å². The second kappa shape index (κ2) is 5.67. The van der Waals surface area contributed by atoms with Crippen molar-refractivity contribution in [2.75, 3.05) is 0 Å². The summed E-state index contributed by atoms with van der Waals surface area (Å²) in [5.74, 6) is 1.88. The maximum atomic E-state index is 11.3. The Kier molecular flexibility index (Phi) is 4.22. The van der Waals surface area contributed by atoms with Gasteiger partial charge in [-0.3, -0.25) is 0 Å². The van der Waals surface area contributed by atoms with Gasteiger partial charge in [0.25, 0.3) is 0 Å². The summed E-state index contributed by atoms with van der Waals surface area (Å²) >= 11 is 0. The zero-order valence-electron chi connectivity index (χ0n) is 9.79. The van der Waals surface area contributed by atoms with Crippen LogP contribution in [-0.4, -0.2) is 6.29 Å². The first kappa shape index (κ1) is 11.2. The van der Waals surface area contributed by atoms with Crippen LogP contribution in [0.4, 0.5) is 0 Å². The lowest BCUT2D eigenvalue weighted by molar-refractivity contribution is -0.115. The van der Waals surface area contributed by atoms with Gasteiger partial charge >= 0.3 is 0 Å². The van der Waals surface area contributed by atoms with Crippen molar-refractivity contribution in [3.63, 3.8) is 0 Å². The van der Waals surface area contributed by atoms with Crippen LogP contribution in [0.15, 0.2) is 0 Å². The molecule has 0 aromatic rings. The smallest absolute Gasteiger partial charge is 0.123 e. The monoisotopic (exact) mass is 208 g/mol. The Morgan fingerprint density at radius 1 is 0.733 bits per heavy atom. The van der Waals surface area contributed by atoms with Gasteiger partial charge in [-0.15, -0.1) is 0 Å². The summed E-state index contributed by atoms with van der Waals surface area (Å²) in [4.78, 5) is 11.3. The first-order chi connectivity index (χ1) is 7.42. The van der Waals surface area contributed by atoms with Gasteiger partial charge in [0.05, 0.1) is 0 Å². The first-order valence-corrected chi connectivity index (χ1v) is 6.87. The van der Waals surface area contributed by atoms with Crippen molar-refractivity contribution in [3.05, 3.63) is 0 Å². The maximum Gasteiger partial charge on any atom is 0.123 e.